The molecule has 0 spiro atoms. The quantitative estimate of drug-likeness (QED) is 0.704. The van der Waals surface area contributed by atoms with E-state index in [2.05, 4.69) is 15.0 Å². The summed E-state index contributed by atoms with van der Waals surface area (Å²) in [6.07, 6.45) is 9.24. The maximum absolute atomic E-state index is 5.38. The van der Waals surface area contributed by atoms with Crippen molar-refractivity contribution in [3.05, 3.63) is 30.4 Å². The van der Waals surface area contributed by atoms with Crippen molar-refractivity contribution in [3.63, 3.8) is 0 Å². The van der Waals surface area contributed by atoms with Gasteiger partial charge in [-0.25, -0.2) is 4.98 Å². The lowest BCUT2D eigenvalue weighted by atomic mass is 10.3. The summed E-state index contributed by atoms with van der Waals surface area (Å²) in [5.41, 5.74) is 6.25. The minimum absolute atomic E-state index is 0.439. The summed E-state index contributed by atoms with van der Waals surface area (Å²) in [5, 5.41) is 0. The number of rotatable bonds is 3. The fourth-order valence-electron chi connectivity index (χ4n) is 0.763. The topological polar surface area (TPSA) is 64.2 Å². The average Bonchev–Trinajstić information content (AvgIpc) is 2.15. The average molecular weight is 176 g/mol. The smallest absolute Gasteiger partial charge is 0.141 e. The van der Waals surface area contributed by atoms with E-state index in [0.29, 0.717) is 12.2 Å². The Kier molecular flexibility index (Phi) is 3.63. The van der Waals surface area contributed by atoms with E-state index in [1.807, 2.05) is 13.0 Å². The summed E-state index contributed by atoms with van der Waals surface area (Å²) in [6.45, 7) is 1.92. The molecule has 1 aromatic rings. The zero-order valence-electron chi connectivity index (χ0n) is 7.51. The molecule has 2 N–H and O–H groups in total. The van der Waals surface area contributed by atoms with Crippen LogP contribution in [0.3, 0.4) is 0 Å². The Bertz CT molecular complexity index is 300. The highest BCUT2D eigenvalue weighted by molar-refractivity contribution is 5.61. The van der Waals surface area contributed by atoms with Gasteiger partial charge in [0.25, 0.3) is 0 Å². The van der Waals surface area contributed by atoms with E-state index in [1.54, 1.807) is 24.8 Å². The SMILES string of the molecule is C/C=C\N=CCc1cnc(N)cn1. The third kappa shape index (κ3) is 3.46. The molecular formula is C9H12N4. The fourth-order valence-corrected chi connectivity index (χ4v) is 0.763. The zero-order valence-corrected chi connectivity index (χ0v) is 7.51. The molecule has 1 aromatic heterocycles. The highest BCUT2D eigenvalue weighted by Gasteiger charge is 1.91. The molecule has 0 saturated carbocycles. The van der Waals surface area contributed by atoms with E-state index in [1.165, 1.54) is 0 Å². The number of hydrogen-bond donors (Lipinski definition) is 1. The lowest BCUT2D eigenvalue weighted by Gasteiger charge is -1.93. The first kappa shape index (κ1) is 9.38. The number of aliphatic imine (C=N–C) groups is 1. The Morgan fingerprint density at radius 2 is 2.31 bits per heavy atom. The van der Waals surface area contributed by atoms with Crippen molar-refractivity contribution >= 4 is 12.0 Å². The fraction of sp³-hybridized carbons (Fsp3) is 0.222. The second-order valence-corrected chi connectivity index (χ2v) is 2.45. The normalized spacial score (nSPS) is 11.5. The van der Waals surface area contributed by atoms with Crippen LogP contribution in [0.15, 0.2) is 29.7 Å². The van der Waals surface area contributed by atoms with Gasteiger partial charge in [-0.3, -0.25) is 9.98 Å². The van der Waals surface area contributed by atoms with Gasteiger partial charge >= 0.3 is 0 Å². The Balaban J connectivity index is 2.50. The molecule has 0 atom stereocenters. The van der Waals surface area contributed by atoms with Gasteiger partial charge in [0.05, 0.1) is 18.1 Å². The van der Waals surface area contributed by atoms with Gasteiger partial charge in [-0.15, -0.1) is 0 Å². The highest BCUT2D eigenvalue weighted by atomic mass is 14.9. The molecule has 0 aliphatic heterocycles. The Hall–Kier alpha value is -1.71. The summed E-state index contributed by atoms with van der Waals surface area (Å²) in [4.78, 5) is 12.0. The molecule has 0 fully saturated rings. The van der Waals surface area contributed by atoms with Crippen LogP contribution in [-0.2, 0) is 6.42 Å². The van der Waals surface area contributed by atoms with E-state index >= 15 is 0 Å². The number of nitrogens with two attached hydrogens (primary N) is 1. The predicted octanol–water partition coefficient (Wildman–Crippen LogP) is 1.21. The van der Waals surface area contributed by atoms with Crippen molar-refractivity contribution < 1.29 is 0 Å². The second kappa shape index (κ2) is 5.03. The molecule has 0 amide bonds. The van der Waals surface area contributed by atoms with Gasteiger partial charge in [0.15, 0.2) is 0 Å². The van der Waals surface area contributed by atoms with Crippen LogP contribution in [0, 0.1) is 0 Å². The Labute approximate surface area is 77.2 Å². The number of nitrogens with zero attached hydrogens (tertiary/aromatic N) is 3. The van der Waals surface area contributed by atoms with Gasteiger partial charge in [-0.05, 0) is 6.92 Å². The first-order valence-corrected chi connectivity index (χ1v) is 4.02. The summed E-state index contributed by atoms with van der Waals surface area (Å²) in [5.74, 6) is 0.439. The molecule has 4 heteroatoms. The van der Waals surface area contributed by atoms with E-state index in [0.717, 1.165) is 5.69 Å². The lowest BCUT2D eigenvalue weighted by Crippen LogP contribution is -1.96. The summed E-state index contributed by atoms with van der Waals surface area (Å²) < 4.78 is 0. The first-order chi connectivity index (χ1) is 6.33. The summed E-state index contributed by atoms with van der Waals surface area (Å²) in [6, 6.07) is 0. The maximum atomic E-state index is 5.38. The number of hydrogen-bond acceptors (Lipinski definition) is 4. The monoisotopic (exact) mass is 176 g/mol. The van der Waals surface area contributed by atoms with Gasteiger partial charge in [0.2, 0.25) is 0 Å². The van der Waals surface area contributed by atoms with Crippen molar-refractivity contribution in [2.45, 2.75) is 13.3 Å². The van der Waals surface area contributed by atoms with Crippen LogP contribution in [0.5, 0.6) is 0 Å². The van der Waals surface area contributed by atoms with Crippen LogP contribution in [-0.4, -0.2) is 16.2 Å². The molecule has 13 heavy (non-hydrogen) atoms. The van der Waals surface area contributed by atoms with Crippen molar-refractivity contribution in [1.82, 2.24) is 9.97 Å². The van der Waals surface area contributed by atoms with E-state index in [-0.39, 0.29) is 0 Å². The minimum atomic E-state index is 0.439. The molecular weight excluding hydrogens is 164 g/mol. The van der Waals surface area contributed by atoms with E-state index in [9.17, 15) is 0 Å². The molecule has 0 aromatic carbocycles. The minimum Gasteiger partial charge on any atom is -0.382 e. The molecule has 0 aliphatic rings. The standard InChI is InChI=1S/C9H12N4/c1-2-4-11-5-3-8-6-13-9(10)7-12-8/h2,4-7H,3H2,1H3,(H2,10,13)/b4-2-,11-5?. The van der Waals surface area contributed by atoms with Gasteiger partial charge < -0.3 is 5.73 Å². The maximum Gasteiger partial charge on any atom is 0.141 e. The molecule has 0 unspecified atom stereocenters. The van der Waals surface area contributed by atoms with Crippen molar-refractivity contribution in [3.8, 4) is 0 Å². The van der Waals surface area contributed by atoms with Gasteiger partial charge in [0.1, 0.15) is 5.82 Å². The number of anilines is 1. The molecule has 1 rings (SSSR count). The van der Waals surface area contributed by atoms with E-state index < -0.39 is 0 Å². The molecule has 0 aliphatic carbocycles. The van der Waals surface area contributed by atoms with Crippen LogP contribution in [0.4, 0.5) is 5.82 Å². The largest absolute Gasteiger partial charge is 0.382 e. The third-order valence-corrected chi connectivity index (χ3v) is 1.37. The van der Waals surface area contributed by atoms with Crippen molar-refractivity contribution in [2.24, 2.45) is 4.99 Å². The first-order valence-electron chi connectivity index (χ1n) is 4.02. The molecule has 4 nitrogen and oxygen atoms in total. The molecule has 1 heterocycles. The summed E-state index contributed by atoms with van der Waals surface area (Å²) >= 11 is 0. The van der Waals surface area contributed by atoms with Crippen LogP contribution in [0.25, 0.3) is 0 Å². The predicted molar refractivity (Wildman–Crippen MR) is 53.5 cm³/mol. The van der Waals surface area contributed by atoms with Gasteiger partial charge in [-0.1, -0.05) is 6.08 Å². The molecule has 68 valence electrons. The van der Waals surface area contributed by atoms with Crippen molar-refractivity contribution in [2.75, 3.05) is 5.73 Å². The molecule has 0 saturated heterocycles. The zero-order chi connectivity index (χ0) is 9.52. The van der Waals surface area contributed by atoms with Crippen LogP contribution in [0.1, 0.15) is 12.6 Å². The highest BCUT2D eigenvalue weighted by Crippen LogP contribution is 1.95. The van der Waals surface area contributed by atoms with Gasteiger partial charge in [0, 0.05) is 18.8 Å². The Morgan fingerprint density at radius 3 is 2.92 bits per heavy atom. The summed E-state index contributed by atoms with van der Waals surface area (Å²) in [7, 11) is 0. The Morgan fingerprint density at radius 1 is 1.46 bits per heavy atom. The molecule has 0 radical (unpaired) electrons. The number of aromatic nitrogens is 2. The van der Waals surface area contributed by atoms with Crippen LogP contribution < -0.4 is 5.73 Å². The van der Waals surface area contributed by atoms with Crippen LogP contribution in [0.2, 0.25) is 0 Å². The number of allylic oxidation sites excluding steroid dienone is 1. The van der Waals surface area contributed by atoms with Gasteiger partial charge in [-0.2, -0.15) is 0 Å². The lowest BCUT2D eigenvalue weighted by molar-refractivity contribution is 1.09. The third-order valence-electron chi connectivity index (χ3n) is 1.37. The van der Waals surface area contributed by atoms with Crippen molar-refractivity contribution in [1.29, 1.82) is 0 Å². The second-order valence-electron chi connectivity index (χ2n) is 2.45. The van der Waals surface area contributed by atoms with E-state index in [4.69, 9.17) is 5.73 Å². The number of nitrogen functional groups attached to an aromatic ring is 1. The van der Waals surface area contributed by atoms with Crippen LogP contribution >= 0.6 is 0 Å². The molecule has 0 bridgehead atoms.